The Bertz CT molecular complexity index is 591. The van der Waals surface area contributed by atoms with Crippen LogP contribution in [0.3, 0.4) is 0 Å². The smallest absolute Gasteiger partial charge is 0.244 e. The minimum atomic E-state index is -3.51. The lowest BCUT2D eigenvalue weighted by molar-refractivity contribution is 0.164. The van der Waals surface area contributed by atoms with E-state index in [0.717, 1.165) is 12.1 Å². The highest BCUT2D eigenvalue weighted by atomic mass is 79.9. The summed E-state index contributed by atoms with van der Waals surface area (Å²) in [5, 5.41) is 0. The SMILES string of the molecule is Cc1ccc(S(=O)(=O)N2CCN(C)CC2CN)c(Br)c1. The summed E-state index contributed by atoms with van der Waals surface area (Å²) < 4.78 is 27.8. The van der Waals surface area contributed by atoms with Gasteiger partial charge in [0.2, 0.25) is 10.0 Å². The summed E-state index contributed by atoms with van der Waals surface area (Å²) in [4.78, 5) is 2.42. The molecule has 1 aromatic carbocycles. The predicted molar refractivity (Wildman–Crippen MR) is 83.1 cm³/mol. The predicted octanol–water partition coefficient (Wildman–Crippen LogP) is 1.02. The standard InChI is InChI=1S/C13H20BrN3O2S/c1-10-3-4-13(12(14)7-10)20(18,19)17-6-5-16(2)9-11(17)8-15/h3-4,7,11H,5-6,8-9,15H2,1-2H3. The number of rotatable bonds is 3. The Morgan fingerprint density at radius 3 is 2.70 bits per heavy atom. The minimum absolute atomic E-state index is 0.174. The van der Waals surface area contributed by atoms with Crippen molar-refractivity contribution in [2.24, 2.45) is 5.73 Å². The summed E-state index contributed by atoms with van der Waals surface area (Å²) in [6.45, 7) is 4.12. The molecular formula is C13H20BrN3O2S. The topological polar surface area (TPSA) is 66.6 Å². The van der Waals surface area contributed by atoms with Crippen molar-refractivity contribution < 1.29 is 8.42 Å². The van der Waals surface area contributed by atoms with Crippen LogP contribution in [0.2, 0.25) is 0 Å². The normalized spacial score (nSPS) is 22.1. The van der Waals surface area contributed by atoms with Gasteiger partial charge in [-0.15, -0.1) is 0 Å². The second kappa shape index (κ2) is 6.11. The first kappa shape index (κ1) is 15.9. The molecule has 112 valence electrons. The number of aryl methyl sites for hydroxylation is 1. The Morgan fingerprint density at radius 2 is 2.10 bits per heavy atom. The van der Waals surface area contributed by atoms with Crippen molar-refractivity contribution in [3.05, 3.63) is 28.2 Å². The summed E-state index contributed by atoms with van der Waals surface area (Å²) in [7, 11) is -1.53. The van der Waals surface area contributed by atoms with Gasteiger partial charge in [0, 0.05) is 30.7 Å². The molecule has 2 N–H and O–H groups in total. The number of nitrogens with two attached hydrogens (primary N) is 1. The van der Waals surface area contributed by atoms with Crippen LogP contribution in [0.5, 0.6) is 0 Å². The summed E-state index contributed by atoms with van der Waals surface area (Å²) in [6.07, 6.45) is 0. The van der Waals surface area contributed by atoms with Crippen molar-refractivity contribution in [3.63, 3.8) is 0 Å². The molecule has 1 saturated heterocycles. The molecule has 1 atom stereocenters. The van der Waals surface area contributed by atoms with Gasteiger partial charge < -0.3 is 10.6 Å². The molecule has 0 spiro atoms. The Balaban J connectivity index is 2.38. The molecule has 0 bridgehead atoms. The van der Waals surface area contributed by atoms with Gasteiger partial charge in [0.15, 0.2) is 0 Å². The van der Waals surface area contributed by atoms with E-state index >= 15 is 0 Å². The first-order valence-electron chi connectivity index (χ1n) is 6.53. The summed E-state index contributed by atoms with van der Waals surface area (Å²) in [6, 6.07) is 5.11. The van der Waals surface area contributed by atoms with Crippen LogP contribution in [0, 0.1) is 6.92 Å². The molecule has 2 rings (SSSR count). The van der Waals surface area contributed by atoms with Crippen molar-refractivity contribution in [2.45, 2.75) is 17.9 Å². The van der Waals surface area contributed by atoms with Crippen molar-refractivity contribution in [1.29, 1.82) is 0 Å². The Morgan fingerprint density at radius 1 is 1.40 bits per heavy atom. The van der Waals surface area contributed by atoms with Crippen molar-refractivity contribution in [2.75, 3.05) is 33.2 Å². The number of hydrogen-bond donors (Lipinski definition) is 1. The molecule has 0 saturated carbocycles. The van der Waals surface area contributed by atoms with Gasteiger partial charge in [-0.3, -0.25) is 0 Å². The molecule has 1 fully saturated rings. The highest BCUT2D eigenvalue weighted by Crippen LogP contribution is 2.28. The van der Waals surface area contributed by atoms with Crippen LogP contribution >= 0.6 is 15.9 Å². The summed E-state index contributed by atoms with van der Waals surface area (Å²) in [5.41, 5.74) is 6.77. The molecule has 0 aromatic heterocycles. The fourth-order valence-corrected chi connectivity index (χ4v) is 5.22. The average molecular weight is 362 g/mol. The third kappa shape index (κ3) is 3.07. The maximum Gasteiger partial charge on any atom is 0.244 e. The zero-order valence-electron chi connectivity index (χ0n) is 11.7. The first-order valence-corrected chi connectivity index (χ1v) is 8.76. The minimum Gasteiger partial charge on any atom is -0.329 e. The van der Waals surface area contributed by atoms with Gasteiger partial charge in [-0.1, -0.05) is 6.07 Å². The number of likely N-dealkylation sites (N-methyl/N-ethyl adjacent to an activating group) is 1. The molecule has 1 aromatic rings. The van der Waals surface area contributed by atoms with E-state index in [1.165, 1.54) is 4.31 Å². The van der Waals surface area contributed by atoms with Crippen molar-refractivity contribution in [1.82, 2.24) is 9.21 Å². The van der Waals surface area contributed by atoms with Crippen LogP contribution < -0.4 is 5.73 Å². The molecule has 7 heteroatoms. The van der Waals surface area contributed by atoms with Crippen molar-refractivity contribution in [3.8, 4) is 0 Å². The van der Waals surface area contributed by atoms with Crippen LogP contribution in [-0.2, 0) is 10.0 Å². The molecule has 1 heterocycles. The van der Waals surface area contributed by atoms with Gasteiger partial charge in [-0.2, -0.15) is 4.31 Å². The monoisotopic (exact) mass is 361 g/mol. The molecule has 1 aliphatic rings. The van der Waals surface area contributed by atoms with Crippen LogP contribution in [0.1, 0.15) is 5.56 Å². The quantitative estimate of drug-likeness (QED) is 0.872. The Kier molecular flexibility index (Phi) is 4.86. The van der Waals surface area contributed by atoms with E-state index in [0.29, 0.717) is 29.0 Å². The highest BCUT2D eigenvalue weighted by Gasteiger charge is 2.35. The summed E-state index contributed by atoms with van der Waals surface area (Å²) >= 11 is 3.36. The van der Waals surface area contributed by atoms with Crippen LogP contribution in [0.25, 0.3) is 0 Å². The van der Waals surface area contributed by atoms with E-state index in [-0.39, 0.29) is 6.04 Å². The fourth-order valence-electron chi connectivity index (χ4n) is 2.44. The van der Waals surface area contributed by atoms with E-state index in [9.17, 15) is 8.42 Å². The van der Waals surface area contributed by atoms with Gasteiger partial charge in [-0.25, -0.2) is 8.42 Å². The lowest BCUT2D eigenvalue weighted by Crippen LogP contribution is -2.56. The third-order valence-electron chi connectivity index (χ3n) is 3.58. The maximum atomic E-state index is 12.8. The molecule has 0 amide bonds. The Labute approximate surface area is 128 Å². The zero-order valence-corrected chi connectivity index (χ0v) is 14.1. The number of piperazine rings is 1. The fraction of sp³-hybridized carbons (Fsp3) is 0.538. The Hall–Kier alpha value is -0.470. The van der Waals surface area contributed by atoms with Crippen LogP contribution in [0.15, 0.2) is 27.6 Å². The van der Waals surface area contributed by atoms with Gasteiger partial charge in [0.1, 0.15) is 0 Å². The molecule has 1 unspecified atom stereocenters. The number of hydrogen-bond acceptors (Lipinski definition) is 4. The number of nitrogens with zero attached hydrogens (tertiary/aromatic N) is 2. The molecule has 1 aliphatic heterocycles. The van der Waals surface area contributed by atoms with Crippen LogP contribution in [-0.4, -0.2) is 56.9 Å². The number of sulfonamides is 1. The second-order valence-electron chi connectivity index (χ2n) is 5.20. The average Bonchev–Trinajstić information content (AvgIpc) is 2.37. The molecular weight excluding hydrogens is 342 g/mol. The number of benzene rings is 1. The largest absolute Gasteiger partial charge is 0.329 e. The van der Waals surface area contributed by atoms with E-state index in [4.69, 9.17) is 5.73 Å². The van der Waals surface area contributed by atoms with E-state index in [1.807, 2.05) is 26.1 Å². The molecule has 0 aliphatic carbocycles. The zero-order chi connectivity index (χ0) is 14.9. The second-order valence-corrected chi connectivity index (χ2v) is 7.91. The van der Waals surface area contributed by atoms with E-state index < -0.39 is 10.0 Å². The van der Waals surface area contributed by atoms with Crippen LogP contribution in [0.4, 0.5) is 0 Å². The maximum absolute atomic E-state index is 12.8. The van der Waals surface area contributed by atoms with Gasteiger partial charge in [0.05, 0.1) is 10.9 Å². The first-order chi connectivity index (χ1) is 9.36. The third-order valence-corrected chi connectivity index (χ3v) is 6.51. The highest BCUT2D eigenvalue weighted by molar-refractivity contribution is 9.10. The molecule has 20 heavy (non-hydrogen) atoms. The van der Waals surface area contributed by atoms with Gasteiger partial charge in [0.25, 0.3) is 0 Å². The van der Waals surface area contributed by atoms with E-state index in [2.05, 4.69) is 20.8 Å². The molecule has 0 radical (unpaired) electrons. The van der Waals surface area contributed by atoms with Crippen molar-refractivity contribution >= 4 is 26.0 Å². The van der Waals surface area contributed by atoms with Gasteiger partial charge >= 0.3 is 0 Å². The number of halogens is 1. The lowest BCUT2D eigenvalue weighted by Gasteiger charge is -2.38. The lowest BCUT2D eigenvalue weighted by atomic mass is 10.2. The summed E-state index contributed by atoms with van der Waals surface area (Å²) in [5.74, 6) is 0. The molecule has 5 nitrogen and oxygen atoms in total. The van der Waals surface area contributed by atoms with E-state index in [1.54, 1.807) is 6.07 Å². The van der Waals surface area contributed by atoms with Gasteiger partial charge in [-0.05, 0) is 47.6 Å².